The van der Waals surface area contributed by atoms with Gasteiger partial charge in [0.1, 0.15) is 11.2 Å². The lowest BCUT2D eigenvalue weighted by Crippen LogP contribution is -2.29. The number of hydrogen-bond acceptors (Lipinski definition) is 5. The fourth-order valence-electron chi connectivity index (χ4n) is 3.22. The topological polar surface area (TPSA) is 101 Å². The van der Waals surface area contributed by atoms with Crippen LogP contribution in [0.2, 0.25) is 0 Å². The molecule has 0 atom stereocenters. The van der Waals surface area contributed by atoms with E-state index in [0.29, 0.717) is 29.7 Å². The summed E-state index contributed by atoms with van der Waals surface area (Å²) in [6.45, 7) is 4.27. The summed E-state index contributed by atoms with van der Waals surface area (Å²) in [5.74, 6) is -0.218. The normalized spacial score (nSPS) is 11.3. The second-order valence-corrected chi connectivity index (χ2v) is 6.61. The van der Waals surface area contributed by atoms with E-state index in [1.165, 1.54) is 0 Å². The highest BCUT2D eigenvalue weighted by Gasteiger charge is 2.16. The summed E-state index contributed by atoms with van der Waals surface area (Å²) in [6, 6.07) is 3.67. The van der Waals surface area contributed by atoms with Gasteiger partial charge < -0.3 is 19.1 Å². The molecule has 0 spiro atoms. The largest absolute Gasteiger partial charge is 0.464 e. The van der Waals surface area contributed by atoms with E-state index in [1.54, 1.807) is 24.9 Å². The average molecular weight is 365 g/mol. The van der Waals surface area contributed by atoms with Crippen molar-refractivity contribution < 1.29 is 13.6 Å². The molecule has 27 heavy (non-hydrogen) atoms. The standard InChI is InChI=1S/C20H19N3O4/c1-11-9-26-17-7-18-15(5-14(11)17)12(2)16(20(25)27-18)6-19(24)22-4-3-13-8-21-10-23-13/h5,7-10H,3-4,6H2,1-2H3,(H,21,23)(H,22,24). The smallest absolute Gasteiger partial charge is 0.340 e. The van der Waals surface area contributed by atoms with Crippen LogP contribution in [0.1, 0.15) is 22.4 Å². The van der Waals surface area contributed by atoms with Crippen molar-refractivity contribution in [3.63, 3.8) is 0 Å². The minimum absolute atomic E-state index is 0.0184. The summed E-state index contributed by atoms with van der Waals surface area (Å²) < 4.78 is 10.9. The van der Waals surface area contributed by atoms with E-state index in [1.807, 2.05) is 19.9 Å². The van der Waals surface area contributed by atoms with Crippen molar-refractivity contribution in [2.45, 2.75) is 26.7 Å². The summed E-state index contributed by atoms with van der Waals surface area (Å²) in [5.41, 5.74) is 3.72. The molecule has 3 aromatic heterocycles. The highest BCUT2D eigenvalue weighted by molar-refractivity contribution is 5.96. The van der Waals surface area contributed by atoms with Crippen LogP contribution >= 0.6 is 0 Å². The maximum absolute atomic E-state index is 12.4. The zero-order valence-corrected chi connectivity index (χ0v) is 15.1. The Hall–Kier alpha value is -3.35. The lowest BCUT2D eigenvalue weighted by Gasteiger charge is -2.09. The van der Waals surface area contributed by atoms with Gasteiger partial charge in [0.15, 0.2) is 0 Å². The summed E-state index contributed by atoms with van der Waals surface area (Å²) >= 11 is 0. The van der Waals surface area contributed by atoms with E-state index in [9.17, 15) is 9.59 Å². The van der Waals surface area contributed by atoms with Gasteiger partial charge in [-0.2, -0.15) is 0 Å². The molecule has 0 bridgehead atoms. The number of aromatic amines is 1. The Morgan fingerprint density at radius 3 is 2.85 bits per heavy atom. The molecule has 0 aliphatic carbocycles. The van der Waals surface area contributed by atoms with Crippen LogP contribution in [-0.2, 0) is 17.6 Å². The van der Waals surface area contributed by atoms with Crippen molar-refractivity contribution in [3.8, 4) is 0 Å². The highest BCUT2D eigenvalue weighted by atomic mass is 16.4. The molecule has 0 fully saturated rings. The Kier molecular flexibility index (Phi) is 4.27. The van der Waals surface area contributed by atoms with E-state index in [2.05, 4.69) is 15.3 Å². The molecular weight excluding hydrogens is 346 g/mol. The third kappa shape index (κ3) is 3.23. The van der Waals surface area contributed by atoms with Gasteiger partial charge in [-0.25, -0.2) is 9.78 Å². The Bertz CT molecular complexity index is 1190. The van der Waals surface area contributed by atoms with E-state index in [0.717, 1.165) is 27.6 Å². The first-order valence-electron chi connectivity index (χ1n) is 8.71. The number of nitrogens with zero attached hydrogens (tertiary/aromatic N) is 1. The third-order valence-electron chi connectivity index (χ3n) is 4.78. The molecule has 0 aliphatic heterocycles. The van der Waals surface area contributed by atoms with Gasteiger partial charge >= 0.3 is 5.63 Å². The lowest BCUT2D eigenvalue weighted by atomic mass is 10.0. The van der Waals surface area contributed by atoms with Crippen LogP contribution in [-0.4, -0.2) is 22.4 Å². The molecule has 4 aromatic rings. The number of hydrogen-bond donors (Lipinski definition) is 2. The van der Waals surface area contributed by atoms with E-state index in [-0.39, 0.29) is 12.3 Å². The molecule has 1 amide bonds. The number of carbonyl (C=O) groups is 1. The van der Waals surface area contributed by atoms with Crippen LogP contribution in [0, 0.1) is 13.8 Å². The predicted octanol–water partition coefficient (Wildman–Crippen LogP) is 2.78. The highest BCUT2D eigenvalue weighted by Crippen LogP contribution is 2.28. The minimum atomic E-state index is -0.494. The zero-order valence-electron chi connectivity index (χ0n) is 15.1. The number of imidazole rings is 1. The number of aryl methyl sites for hydroxylation is 2. The van der Waals surface area contributed by atoms with Crippen molar-refractivity contribution in [2.75, 3.05) is 6.54 Å². The van der Waals surface area contributed by atoms with Gasteiger partial charge in [-0.05, 0) is 31.0 Å². The molecule has 0 unspecified atom stereocenters. The van der Waals surface area contributed by atoms with E-state index >= 15 is 0 Å². The Morgan fingerprint density at radius 1 is 1.22 bits per heavy atom. The van der Waals surface area contributed by atoms with Gasteiger partial charge in [-0.3, -0.25) is 4.79 Å². The molecule has 7 heteroatoms. The summed E-state index contributed by atoms with van der Waals surface area (Å²) in [4.78, 5) is 31.6. The maximum atomic E-state index is 12.4. The SMILES string of the molecule is Cc1coc2cc3oc(=O)c(CC(=O)NCCc4cnc[nH]4)c(C)c3cc12. The number of H-pyrrole nitrogens is 1. The molecule has 138 valence electrons. The molecule has 0 saturated heterocycles. The van der Waals surface area contributed by atoms with Crippen molar-refractivity contribution in [3.05, 3.63) is 63.7 Å². The fraction of sp³-hybridized carbons (Fsp3) is 0.250. The molecule has 4 rings (SSSR count). The Balaban J connectivity index is 1.59. The van der Waals surface area contributed by atoms with Crippen molar-refractivity contribution in [2.24, 2.45) is 0 Å². The number of aromatic nitrogens is 2. The lowest BCUT2D eigenvalue weighted by molar-refractivity contribution is -0.120. The average Bonchev–Trinajstić information content (AvgIpc) is 3.28. The predicted molar refractivity (Wildman–Crippen MR) is 101 cm³/mol. The number of furan rings is 1. The summed E-state index contributed by atoms with van der Waals surface area (Å²) in [7, 11) is 0. The van der Waals surface area contributed by atoms with E-state index < -0.39 is 5.63 Å². The van der Waals surface area contributed by atoms with Crippen LogP contribution in [0.25, 0.3) is 21.9 Å². The fourth-order valence-corrected chi connectivity index (χ4v) is 3.22. The van der Waals surface area contributed by atoms with Gasteiger partial charge in [0.2, 0.25) is 5.91 Å². The van der Waals surface area contributed by atoms with Crippen LogP contribution in [0.4, 0.5) is 0 Å². The Morgan fingerprint density at radius 2 is 2.07 bits per heavy atom. The third-order valence-corrected chi connectivity index (χ3v) is 4.78. The van der Waals surface area contributed by atoms with Crippen LogP contribution in [0.15, 0.2) is 44.5 Å². The van der Waals surface area contributed by atoms with Crippen LogP contribution in [0.3, 0.4) is 0 Å². The zero-order chi connectivity index (χ0) is 19.0. The maximum Gasteiger partial charge on any atom is 0.340 e. The number of fused-ring (bicyclic) bond motifs is 2. The first-order valence-corrected chi connectivity index (χ1v) is 8.71. The second kappa shape index (κ2) is 6.75. The van der Waals surface area contributed by atoms with Crippen molar-refractivity contribution >= 4 is 27.8 Å². The van der Waals surface area contributed by atoms with Gasteiger partial charge in [-0.15, -0.1) is 0 Å². The van der Waals surface area contributed by atoms with Gasteiger partial charge in [0.25, 0.3) is 0 Å². The molecule has 2 N–H and O–H groups in total. The second-order valence-electron chi connectivity index (χ2n) is 6.61. The molecule has 0 radical (unpaired) electrons. The minimum Gasteiger partial charge on any atom is -0.464 e. The number of rotatable bonds is 5. The Labute approximate surface area is 154 Å². The molecular formula is C20H19N3O4. The molecule has 0 saturated carbocycles. The first kappa shape index (κ1) is 17.1. The number of benzene rings is 1. The quantitative estimate of drug-likeness (QED) is 0.530. The van der Waals surface area contributed by atoms with Crippen molar-refractivity contribution in [1.82, 2.24) is 15.3 Å². The van der Waals surface area contributed by atoms with Gasteiger partial charge in [-0.1, -0.05) is 0 Å². The van der Waals surface area contributed by atoms with Crippen LogP contribution < -0.4 is 10.9 Å². The van der Waals surface area contributed by atoms with Crippen LogP contribution in [0.5, 0.6) is 0 Å². The number of amides is 1. The molecule has 0 aliphatic rings. The first-order chi connectivity index (χ1) is 13.0. The summed E-state index contributed by atoms with van der Waals surface area (Å²) in [6.07, 6.45) is 5.61. The molecule has 1 aromatic carbocycles. The monoisotopic (exact) mass is 365 g/mol. The molecule has 7 nitrogen and oxygen atoms in total. The molecule has 3 heterocycles. The van der Waals surface area contributed by atoms with Gasteiger partial charge in [0.05, 0.1) is 24.6 Å². The number of nitrogens with one attached hydrogen (secondary N) is 2. The van der Waals surface area contributed by atoms with E-state index in [4.69, 9.17) is 8.83 Å². The number of carbonyl (C=O) groups excluding carboxylic acids is 1. The van der Waals surface area contributed by atoms with Gasteiger partial charge in [0, 0.05) is 41.7 Å². The van der Waals surface area contributed by atoms with Crippen molar-refractivity contribution in [1.29, 1.82) is 0 Å². The summed E-state index contributed by atoms with van der Waals surface area (Å²) in [5, 5.41) is 4.60.